The molecule has 3 aromatic carbocycles. The summed E-state index contributed by atoms with van der Waals surface area (Å²) in [5, 5.41) is 0. The van der Waals surface area contributed by atoms with E-state index in [2.05, 4.69) is 24.0 Å². The first kappa shape index (κ1) is 21.0. The van der Waals surface area contributed by atoms with E-state index in [1.807, 2.05) is 60.7 Å². The summed E-state index contributed by atoms with van der Waals surface area (Å²) in [5.74, 6) is 5.41. The fourth-order valence-corrected chi connectivity index (χ4v) is 2.42. The maximum Gasteiger partial charge on any atom is 0 e. The maximum atomic E-state index is 5.56. The van der Waals surface area contributed by atoms with Gasteiger partial charge in [0.1, 0.15) is 0 Å². The number of rotatable bonds is 2. The molecule has 0 spiro atoms. The van der Waals surface area contributed by atoms with Crippen LogP contribution in [0.2, 0.25) is 0 Å². The van der Waals surface area contributed by atoms with Crippen LogP contribution in [0.25, 0.3) is 22.3 Å². The van der Waals surface area contributed by atoms with Gasteiger partial charge in [-0.05, 0) is 0 Å². The van der Waals surface area contributed by atoms with Crippen LogP contribution in [0, 0.1) is 36.8 Å². The zero-order valence-electron chi connectivity index (χ0n) is 13.1. The Labute approximate surface area is 194 Å². The van der Waals surface area contributed by atoms with Gasteiger partial charge in [-0.3, -0.25) is 0 Å². The second-order valence-electron chi connectivity index (χ2n) is 4.81. The molecule has 3 aromatic rings. The van der Waals surface area contributed by atoms with Gasteiger partial charge in [-0.2, -0.15) is 48.5 Å². The molecule has 0 N–H and O–H groups in total. The van der Waals surface area contributed by atoms with Gasteiger partial charge < -0.3 is 0 Å². The van der Waals surface area contributed by atoms with Crippen LogP contribution >= 0.6 is 0 Å². The Hall–Kier alpha value is -1.01. The van der Waals surface area contributed by atoms with Crippen molar-refractivity contribution in [2.45, 2.75) is 0 Å². The van der Waals surface area contributed by atoms with E-state index in [9.17, 15) is 0 Å². The van der Waals surface area contributed by atoms with Crippen molar-refractivity contribution in [3.8, 4) is 46.9 Å². The molecule has 0 aliphatic carbocycles. The Morgan fingerprint density at radius 3 is 1.33 bits per heavy atom. The van der Waals surface area contributed by atoms with Crippen LogP contribution in [0.1, 0.15) is 11.1 Å². The molecule has 2 radical (unpaired) electrons. The van der Waals surface area contributed by atoms with E-state index < -0.39 is 0 Å². The first-order valence-electron chi connectivity index (χ1n) is 6.87. The number of benzene rings is 3. The molecule has 0 aliphatic heterocycles. The zero-order valence-corrected chi connectivity index (χ0v) is 18.8. The van der Waals surface area contributed by atoms with E-state index in [-0.39, 0.29) is 65.4 Å². The second kappa shape index (κ2) is 10.1. The van der Waals surface area contributed by atoms with Gasteiger partial charge in [-0.1, -0.05) is 58.4 Å². The van der Waals surface area contributed by atoms with Crippen LogP contribution in [-0.2, 0) is 65.4 Å². The summed E-state index contributed by atoms with van der Waals surface area (Å²) in [6, 6.07) is 25.6. The molecule has 0 aromatic heterocycles. The monoisotopic (exact) mass is 454 g/mol. The first-order chi connectivity index (χ1) is 10.8. The number of hydrogen-bond donors (Lipinski definition) is 0. The van der Waals surface area contributed by atoms with Gasteiger partial charge >= 0.3 is 0 Å². The van der Waals surface area contributed by atoms with Crippen molar-refractivity contribution in [3.05, 3.63) is 83.9 Å². The molecular formula is C22H12Y2-2. The molecule has 2 heteroatoms. The molecule has 0 amide bonds. The third kappa shape index (κ3) is 4.54. The average molecular weight is 454 g/mol. The first-order valence-corrected chi connectivity index (χ1v) is 6.87. The summed E-state index contributed by atoms with van der Waals surface area (Å²) in [4.78, 5) is 0. The van der Waals surface area contributed by atoms with E-state index in [0.29, 0.717) is 0 Å². The standard InChI is InChI=1S/C22H12.2Y/c1-3-17-9-5-7-11-21(17)19-13-15-20(16-14-19)22-12-8-6-10-18(22)4-2;;/h1-2,5-6,9-16H;;/q-2;;. The van der Waals surface area contributed by atoms with E-state index in [1.54, 1.807) is 0 Å². The summed E-state index contributed by atoms with van der Waals surface area (Å²) in [5.41, 5.74) is 5.88. The Bertz CT molecular complexity index is 818. The smallest absolute Gasteiger partial charge is 0 e. The maximum absolute atomic E-state index is 5.56. The zero-order chi connectivity index (χ0) is 15.4. The predicted octanol–water partition coefficient (Wildman–Crippen LogP) is 4.58. The molecule has 0 heterocycles. The van der Waals surface area contributed by atoms with E-state index in [1.165, 1.54) is 0 Å². The Balaban J connectivity index is 0.00000144. The van der Waals surface area contributed by atoms with Gasteiger partial charge in [0.05, 0.1) is 0 Å². The minimum absolute atomic E-state index is 0. The van der Waals surface area contributed by atoms with Crippen molar-refractivity contribution in [2.24, 2.45) is 0 Å². The fourth-order valence-electron chi connectivity index (χ4n) is 2.42. The average Bonchev–Trinajstić information content (AvgIpc) is 2.62. The predicted molar refractivity (Wildman–Crippen MR) is 90.9 cm³/mol. The van der Waals surface area contributed by atoms with Crippen LogP contribution in [0.5, 0.6) is 0 Å². The van der Waals surface area contributed by atoms with E-state index >= 15 is 0 Å². The molecule has 0 aliphatic rings. The van der Waals surface area contributed by atoms with Gasteiger partial charge in [-0.15, -0.1) is 24.0 Å². The SMILES string of the molecule is C#Cc1cc[c-]cc1-c1ccc(-c2c[c-]ccc2C#C)cc1.[Y].[Y]. The Morgan fingerprint density at radius 2 is 1.00 bits per heavy atom. The molecule has 0 fully saturated rings. The van der Waals surface area contributed by atoms with Crippen molar-refractivity contribution in [1.29, 1.82) is 0 Å². The van der Waals surface area contributed by atoms with Gasteiger partial charge in [0.25, 0.3) is 0 Å². The minimum atomic E-state index is 0. The van der Waals surface area contributed by atoms with Crippen LogP contribution in [-0.4, -0.2) is 0 Å². The molecule has 24 heavy (non-hydrogen) atoms. The van der Waals surface area contributed by atoms with Gasteiger partial charge in [0.15, 0.2) is 0 Å². The molecule has 0 bridgehead atoms. The molecule has 0 atom stereocenters. The normalized spacial score (nSPS) is 8.92. The summed E-state index contributed by atoms with van der Waals surface area (Å²) >= 11 is 0. The quantitative estimate of drug-likeness (QED) is 0.393. The Kier molecular flexibility index (Phi) is 8.84. The third-order valence-corrected chi connectivity index (χ3v) is 3.55. The Morgan fingerprint density at radius 1 is 0.625 bits per heavy atom. The molecule has 108 valence electrons. The van der Waals surface area contributed by atoms with Crippen LogP contribution in [0.3, 0.4) is 0 Å². The summed E-state index contributed by atoms with van der Waals surface area (Å²) < 4.78 is 0. The van der Waals surface area contributed by atoms with Crippen molar-refractivity contribution >= 4 is 0 Å². The molecule has 0 saturated heterocycles. The topological polar surface area (TPSA) is 0 Å². The summed E-state index contributed by atoms with van der Waals surface area (Å²) in [6.45, 7) is 0. The van der Waals surface area contributed by atoms with Crippen LogP contribution in [0.4, 0.5) is 0 Å². The molecule has 3 rings (SSSR count). The second-order valence-corrected chi connectivity index (χ2v) is 4.81. The van der Waals surface area contributed by atoms with Crippen LogP contribution in [0.15, 0.2) is 60.7 Å². The fraction of sp³-hybridized carbons (Fsp3) is 0. The number of hydrogen-bond acceptors (Lipinski definition) is 0. The van der Waals surface area contributed by atoms with Crippen molar-refractivity contribution < 1.29 is 65.4 Å². The van der Waals surface area contributed by atoms with Gasteiger partial charge in [0.2, 0.25) is 0 Å². The molecule has 0 unspecified atom stereocenters. The molecule has 0 nitrogen and oxygen atoms in total. The summed E-state index contributed by atoms with van der Waals surface area (Å²) in [6.07, 6.45) is 11.1. The largest absolute Gasteiger partial charge is 0.183 e. The summed E-state index contributed by atoms with van der Waals surface area (Å²) in [7, 11) is 0. The van der Waals surface area contributed by atoms with E-state index in [4.69, 9.17) is 12.8 Å². The van der Waals surface area contributed by atoms with Gasteiger partial charge in [0, 0.05) is 65.4 Å². The third-order valence-electron chi connectivity index (χ3n) is 3.55. The van der Waals surface area contributed by atoms with Gasteiger partial charge in [-0.25, -0.2) is 0 Å². The molecular weight excluding hydrogens is 442 g/mol. The van der Waals surface area contributed by atoms with E-state index in [0.717, 1.165) is 33.4 Å². The molecule has 0 saturated carbocycles. The minimum Gasteiger partial charge on any atom is -0.183 e. The van der Waals surface area contributed by atoms with Crippen LogP contribution < -0.4 is 0 Å². The van der Waals surface area contributed by atoms with Crippen molar-refractivity contribution in [2.75, 3.05) is 0 Å². The number of terminal acetylenes is 2. The van der Waals surface area contributed by atoms with Crippen molar-refractivity contribution in [3.63, 3.8) is 0 Å². The van der Waals surface area contributed by atoms with Crippen molar-refractivity contribution in [1.82, 2.24) is 0 Å².